The van der Waals surface area contributed by atoms with Crippen LogP contribution in [0.25, 0.3) is 0 Å². The molecule has 0 aromatic carbocycles. The Morgan fingerprint density at radius 2 is 2.70 bits per heavy atom. The van der Waals surface area contributed by atoms with E-state index in [0.29, 0.717) is 0 Å². The third kappa shape index (κ3) is 1.78. The van der Waals surface area contributed by atoms with Gasteiger partial charge in [-0.2, -0.15) is 0 Å². The SMILES string of the molecule is O=C(Cc1cncs1)NO. The Morgan fingerprint density at radius 3 is 3.20 bits per heavy atom. The molecule has 4 nitrogen and oxygen atoms in total. The molecule has 0 unspecified atom stereocenters. The van der Waals surface area contributed by atoms with Crippen LogP contribution in [0.1, 0.15) is 4.88 Å². The Labute approximate surface area is 61.5 Å². The molecule has 0 saturated heterocycles. The Hall–Kier alpha value is -0.940. The van der Waals surface area contributed by atoms with Crippen molar-refractivity contribution < 1.29 is 10.0 Å². The molecule has 1 rings (SSSR count). The van der Waals surface area contributed by atoms with Gasteiger partial charge in [0.05, 0.1) is 11.9 Å². The Morgan fingerprint density at radius 1 is 1.90 bits per heavy atom. The van der Waals surface area contributed by atoms with Gasteiger partial charge in [-0.05, 0) is 0 Å². The predicted molar refractivity (Wildman–Crippen MR) is 35.7 cm³/mol. The maximum absolute atomic E-state index is 10.5. The highest BCUT2D eigenvalue weighted by Gasteiger charge is 2.01. The van der Waals surface area contributed by atoms with Crippen molar-refractivity contribution in [2.45, 2.75) is 6.42 Å². The Balaban J connectivity index is 2.48. The third-order valence-electron chi connectivity index (χ3n) is 0.943. The van der Waals surface area contributed by atoms with Gasteiger partial charge < -0.3 is 0 Å². The fourth-order valence-electron chi connectivity index (χ4n) is 0.527. The molecule has 0 aliphatic heterocycles. The van der Waals surface area contributed by atoms with Crippen molar-refractivity contribution in [1.82, 2.24) is 10.5 Å². The smallest absolute Gasteiger partial charge is 0.248 e. The summed E-state index contributed by atoms with van der Waals surface area (Å²) in [6.07, 6.45) is 1.79. The van der Waals surface area contributed by atoms with E-state index in [4.69, 9.17) is 5.21 Å². The van der Waals surface area contributed by atoms with Gasteiger partial charge in [0, 0.05) is 11.1 Å². The number of hydrogen-bond acceptors (Lipinski definition) is 4. The summed E-state index contributed by atoms with van der Waals surface area (Å²) in [6, 6.07) is 0. The molecule has 2 N–H and O–H groups in total. The monoisotopic (exact) mass is 158 g/mol. The minimum Gasteiger partial charge on any atom is -0.289 e. The molecule has 0 saturated carbocycles. The lowest BCUT2D eigenvalue weighted by Gasteiger charge is -1.91. The highest BCUT2D eigenvalue weighted by atomic mass is 32.1. The minimum absolute atomic E-state index is 0.196. The molecule has 0 fully saturated rings. The molecule has 0 atom stereocenters. The van der Waals surface area contributed by atoms with E-state index in [1.165, 1.54) is 11.3 Å². The van der Waals surface area contributed by atoms with Crippen molar-refractivity contribution in [2.24, 2.45) is 0 Å². The molecule has 1 heterocycles. The molecule has 1 aromatic rings. The van der Waals surface area contributed by atoms with Crippen LogP contribution >= 0.6 is 11.3 Å². The molecule has 10 heavy (non-hydrogen) atoms. The summed E-state index contributed by atoms with van der Waals surface area (Å²) < 4.78 is 0. The number of aromatic nitrogens is 1. The number of rotatable bonds is 2. The van der Waals surface area contributed by atoms with Crippen molar-refractivity contribution in [3.8, 4) is 0 Å². The van der Waals surface area contributed by atoms with E-state index in [0.717, 1.165) is 4.88 Å². The lowest BCUT2D eigenvalue weighted by atomic mass is 10.4. The molecule has 1 aromatic heterocycles. The largest absolute Gasteiger partial charge is 0.289 e. The van der Waals surface area contributed by atoms with Crippen LogP contribution < -0.4 is 5.48 Å². The molecule has 0 radical (unpaired) electrons. The maximum Gasteiger partial charge on any atom is 0.248 e. The molecular formula is C5H6N2O2S. The topological polar surface area (TPSA) is 62.2 Å². The lowest BCUT2D eigenvalue weighted by Crippen LogP contribution is -2.20. The standard InChI is InChI=1S/C5H6N2O2S/c8-5(7-9)1-4-2-6-3-10-4/h2-3,9H,1H2,(H,7,8). The van der Waals surface area contributed by atoms with E-state index in [1.54, 1.807) is 17.2 Å². The molecular weight excluding hydrogens is 152 g/mol. The van der Waals surface area contributed by atoms with Gasteiger partial charge in [-0.15, -0.1) is 11.3 Å². The summed E-state index contributed by atoms with van der Waals surface area (Å²) in [7, 11) is 0. The van der Waals surface area contributed by atoms with E-state index in [1.807, 2.05) is 0 Å². The first kappa shape index (κ1) is 7.17. The maximum atomic E-state index is 10.5. The summed E-state index contributed by atoms with van der Waals surface area (Å²) in [5, 5.41) is 8.12. The second kappa shape index (κ2) is 3.28. The van der Waals surface area contributed by atoms with E-state index >= 15 is 0 Å². The third-order valence-corrected chi connectivity index (χ3v) is 1.72. The van der Waals surface area contributed by atoms with E-state index in [9.17, 15) is 4.79 Å². The van der Waals surface area contributed by atoms with Crippen LogP contribution in [0.3, 0.4) is 0 Å². The average molecular weight is 158 g/mol. The number of thiazole rings is 1. The Kier molecular flexibility index (Phi) is 2.35. The molecule has 0 bridgehead atoms. The van der Waals surface area contributed by atoms with Gasteiger partial charge in [-0.1, -0.05) is 0 Å². The number of nitrogens with zero attached hydrogens (tertiary/aromatic N) is 1. The summed E-state index contributed by atoms with van der Waals surface area (Å²) in [6.45, 7) is 0. The van der Waals surface area contributed by atoms with Crippen LogP contribution in [0.15, 0.2) is 11.7 Å². The summed E-state index contributed by atoms with van der Waals surface area (Å²) >= 11 is 1.38. The predicted octanol–water partition coefficient (Wildman–Crippen LogP) is 0.191. The van der Waals surface area contributed by atoms with Gasteiger partial charge >= 0.3 is 0 Å². The fraction of sp³-hybridized carbons (Fsp3) is 0.200. The van der Waals surface area contributed by atoms with Gasteiger partial charge in [0.1, 0.15) is 0 Å². The second-order valence-electron chi connectivity index (χ2n) is 1.68. The van der Waals surface area contributed by atoms with E-state index < -0.39 is 5.91 Å². The lowest BCUT2D eigenvalue weighted by molar-refractivity contribution is -0.128. The Bertz CT molecular complexity index is 209. The van der Waals surface area contributed by atoms with Gasteiger partial charge in [0.2, 0.25) is 5.91 Å². The van der Waals surface area contributed by atoms with Crippen LogP contribution in [0.5, 0.6) is 0 Å². The van der Waals surface area contributed by atoms with Crippen LogP contribution in [-0.2, 0) is 11.2 Å². The molecule has 54 valence electrons. The first-order valence-corrected chi connectivity index (χ1v) is 3.51. The van der Waals surface area contributed by atoms with Crippen molar-refractivity contribution >= 4 is 17.2 Å². The van der Waals surface area contributed by atoms with Crippen molar-refractivity contribution in [3.63, 3.8) is 0 Å². The molecule has 0 spiro atoms. The van der Waals surface area contributed by atoms with E-state index in [-0.39, 0.29) is 6.42 Å². The highest BCUT2D eigenvalue weighted by Crippen LogP contribution is 2.05. The minimum atomic E-state index is -0.413. The second-order valence-corrected chi connectivity index (χ2v) is 2.65. The van der Waals surface area contributed by atoms with Crippen molar-refractivity contribution in [3.05, 3.63) is 16.6 Å². The van der Waals surface area contributed by atoms with Gasteiger partial charge in [-0.3, -0.25) is 15.0 Å². The quantitative estimate of drug-likeness (QED) is 0.477. The zero-order chi connectivity index (χ0) is 7.40. The number of nitrogens with one attached hydrogen (secondary N) is 1. The van der Waals surface area contributed by atoms with E-state index in [2.05, 4.69) is 4.98 Å². The van der Waals surface area contributed by atoms with Gasteiger partial charge in [0.25, 0.3) is 0 Å². The molecule has 0 aliphatic rings. The number of carbonyl (C=O) groups excluding carboxylic acids is 1. The summed E-state index contributed by atoms with van der Waals surface area (Å²) in [5.41, 5.74) is 3.18. The number of carbonyl (C=O) groups is 1. The van der Waals surface area contributed by atoms with Gasteiger partial charge in [-0.25, -0.2) is 5.48 Å². The van der Waals surface area contributed by atoms with Crippen LogP contribution in [0.4, 0.5) is 0 Å². The van der Waals surface area contributed by atoms with Crippen LogP contribution in [-0.4, -0.2) is 16.1 Å². The number of hydrogen-bond donors (Lipinski definition) is 2. The molecule has 1 amide bonds. The number of amides is 1. The van der Waals surface area contributed by atoms with Gasteiger partial charge in [0.15, 0.2) is 0 Å². The molecule has 0 aliphatic carbocycles. The average Bonchev–Trinajstić information content (AvgIpc) is 2.40. The zero-order valence-electron chi connectivity index (χ0n) is 5.07. The van der Waals surface area contributed by atoms with Crippen molar-refractivity contribution in [1.29, 1.82) is 0 Å². The fourth-order valence-corrected chi connectivity index (χ4v) is 1.12. The van der Waals surface area contributed by atoms with Crippen LogP contribution in [0.2, 0.25) is 0 Å². The summed E-state index contributed by atoms with van der Waals surface area (Å²) in [5.74, 6) is -0.413. The first-order chi connectivity index (χ1) is 4.83. The van der Waals surface area contributed by atoms with Crippen molar-refractivity contribution in [2.75, 3.05) is 0 Å². The number of hydroxylamine groups is 1. The van der Waals surface area contributed by atoms with Crippen LogP contribution in [0, 0.1) is 0 Å². The normalized spacial score (nSPS) is 9.30. The summed E-state index contributed by atoms with van der Waals surface area (Å²) in [4.78, 5) is 15.1. The first-order valence-electron chi connectivity index (χ1n) is 2.63. The zero-order valence-corrected chi connectivity index (χ0v) is 5.89. The highest BCUT2D eigenvalue weighted by molar-refractivity contribution is 7.09. The molecule has 5 heteroatoms.